The lowest BCUT2D eigenvalue weighted by Gasteiger charge is -2.37. The molecule has 1 rings (SSSR count). The van der Waals surface area contributed by atoms with E-state index in [0.717, 1.165) is 52.2 Å². The molecule has 1 fully saturated rings. The van der Waals surface area contributed by atoms with Crippen molar-refractivity contribution in [1.82, 2.24) is 10.2 Å². The zero-order valence-electron chi connectivity index (χ0n) is 11.6. The monoisotopic (exact) mass is 244 g/mol. The molecule has 1 heterocycles. The minimum atomic E-state index is 0.334. The number of methoxy groups -OCH3 is 1. The summed E-state index contributed by atoms with van der Waals surface area (Å²) in [7, 11) is 1.76. The lowest BCUT2D eigenvalue weighted by Crippen LogP contribution is -2.52. The predicted molar refractivity (Wildman–Crippen MR) is 70.4 cm³/mol. The van der Waals surface area contributed by atoms with Crippen LogP contribution in [0.25, 0.3) is 0 Å². The molecule has 0 amide bonds. The van der Waals surface area contributed by atoms with Crippen LogP contribution in [0.5, 0.6) is 0 Å². The summed E-state index contributed by atoms with van der Waals surface area (Å²) in [5.41, 5.74) is 0. The van der Waals surface area contributed by atoms with Crippen molar-refractivity contribution in [3.05, 3.63) is 0 Å². The molecule has 17 heavy (non-hydrogen) atoms. The molecule has 1 aliphatic heterocycles. The van der Waals surface area contributed by atoms with Gasteiger partial charge in [0.05, 0.1) is 12.7 Å². The van der Waals surface area contributed by atoms with E-state index in [2.05, 4.69) is 24.1 Å². The van der Waals surface area contributed by atoms with Gasteiger partial charge < -0.3 is 14.8 Å². The fourth-order valence-corrected chi connectivity index (χ4v) is 2.39. The van der Waals surface area contributed by atoms with Gasteiger partial charge in [-0.05, 0) is 25.9 Å². The van der Waals surface area contributed by atoms with Gasteiger partial charge >= 0.3 is 0 Å². The predicted octanol–water partition coefficient (Wildman–Crippen LogP) is 1.11. The van der Waals surface area contributed by atoms with Crippen LogP contribution in [0.2, 0.25) is 0 Å². The summed E-state index contributed by atoms with van der Waals surface area (Å²) in [6, 6.07) is 0.462. The van der Waals surface area contributed by atoms with Gasteiger partial charge in [0.1, 0.15) is 0 Å². The van der Waals surface area contributed by atoms with Gasteiger partial charge in [-0.3, -0.25) is 4.90 Å². The second-order valence-corrected chi connectivity index (χ2v) is 4.60. The van der Waals surface area contributed by atoms with Crippen molar-refractivity contribution in [3.8, 4) is 0 Å². The van der Waals surface area contributed by atoms with Crippen LogP contribution in [0, 0.1) is 0 Å². The first kappa shape index (κ1) is 14.9. The molecule has 1 aliphatic rings. The molecule has 1 saturated heterocycles. The van der Waals surface area contributed by atoms with Crippen LogP contribution in [-0.2, 0) is 9.47 Å². The largest absolute Gasteiger partial charge is 0.385 e. The van der Waals surface area contributed by atoms with Gasteiger partial charge in [-0.25, -0.2) is 0 Å². The third-order valence-electron chi connectivity index (χ3n) is 3.40. The summed E-state index contributed by atoms with van der Waals surface area (Å²) in [5.74, 6) is 0. The van der Waals surface area contributed by atoms with Gasteiger partial charge in [0.2, 0.25) is 0 Å². The highest BCUT2D eigenvalue weighted by atomic mass is 16.5. The number of hydrogen-bond acceptors (Lipinski definition) is 4. The van der Waals surface area contributed by atoms with Crippen LogP contribution < -0.4 is 5.32 Å². The van der Waals surface area contributed by atoms with Crippen LogP contribution in [0.3, 0.4) is 0 Å². The van der Waals surface area contributed by atoms with E-state index in [1.165, 1.54) is 0 Å². The summed E-state index contributed by atoms with van der Waals surface area (Å²) in [6.45, 7) is 10.3. The van der Waals surface area contributed by atoms with Crippen LogP contribution in [0.15, 0.2) is 0 Å². The smallest absolute Gasteiger partial charge is 0.0855 e. The molecule has 102 valence electrons. The Morgan fingerprint density at radius 3 is 2.94 bits per heavy atom. The maximum atomic E-state index is 5.91. The Labute approximate surface area is 106 Å². The summed E-state index contributed by atoms with van der Waals surface area (Å²) in [4.78, 5) is 2.47. The van der Waals surface area contributed by atoms with Gasteiger partial charge in [-0.2, -0.15) is 0 Å². The number of rotatable bonds is 8. The number of ether oxygens (including phenoxy) is 2. The van der Waals surface area contributed by atoms with Crippen molar-refractivity contribution < 1.29 is 9.47 Å². The lowest BCUT2D eigenvalue weighted by atomic mass is 10.0. The van der Waals surface area contributed by atoms with Gasteiger partial charge in [0, 0.05) is 32.8 Å². The Morgan fingerprint density at radius 1 is 1.47 bits per heavy atom. The average Bonchev–Trinajstić information content (AvgIpc) is 2.38. The fourth-order valence-electron chi connectivity index (χ4n) is 2.39. The van der Waals surface area contributed by atoms with E-state index in [1.807, 2.05) is 0 Å². The van der Waals surface area contributed by atoms with E-state index in [0.29, 0.717) is 12.1 Å². The zero-order valence-corrected chi connectivity index (χ0v) is 11.6. The van der Waals surface area contributed by atoms with E-state index in [-0.39, 0.29) is 0 Å². The van der Waals surface area contributed by atoms with Crippen molar-refractivity contribution in [2.45, 2.75) is 38.8 Å². The molecule has 0 aliphatic carbocycles. The first-order valence-electron chi connectivity index (χ1n) is 6.88. The molecule has 0 saturated carbocycles. The molecule has 0 radical (unpaired) electrons. The quantitative estimate of drug-likeness (QED) is 0.649. The van der Waals surface area contributed by atoms with Crippen LogP contribution in [0.4, 0.5) is 0 Å². The summed E-state index contributed by atoms with van der Waals surface area (Å²) >= 11 is 0. The third-order valence-corrected chi connectivity index (χ3v) is 3.40. The van der Waals surface area contributed by atoms with E-state index in [1.54, 1.807) is 7.11 Å². The first-order chi connectivity index (χ1) is 8.31. The molecule has 4 nitrogen and oxygen atoms in total. The molecule has 4 heteroatoms. The molecule has 0 spiro atoms. The summed E-state index contributed by atoms with van der Waals surface area (Å²) in [5, 5.41) is 3.55. The molecule has 0 aromatic rings. The highest BCUT2D eigenvalue weighted by molar-refractivity contribution is 4.82. The van der Waals surface area contributed by atoms with Crippen molar-refractivity contribution in [2.75, 3.05) is 46.5 Å². The molecule has 1 N–H and O–H groups in total. The molecule has 0 aromatic heterocycles. The minimum Gasteiger partial charge on any atom is -0.385 e. The summed E-state index contributed by atoms with van der Waals surface area (Å²) < 4.78 is 11.0. The maximum absolute atomic E-state index is 5.91. The second kappa shape index (κ2) is 8.86. The highest BCUT2D eigenvalue weighted by Crippen LogP contribution is 2.13. The SMILES string of the molecule is CCNC(CCCOC)C1CN(CC)CCO1. The molecule has 0 aromatic carbocycles. The Kier molecular flexibility index (Phi) is 7.77. The highest BCUT2D eigenvalue weighted by Gasteiger charge is 2.26. The van der Waals surface area contributed by atoms with Crippen molar-refractivity contribution in [3.63, 3.8) is 0 Å². The van der Waals surface area contributed by atoms with Gasteiger partial charge in [0.15, 0.2) is 0 Å². The molecular formula is C13H28N2O2. The molecular weight excluding hydrogens is 216 g/mol. The van der Waals surface area contributed by atoms with Crippen molar-refractivity contribution in [1.29, 1.82) is 0 Å². The molecule has 2 atom stereocenters. The van der Waals surface area contributed by atoms with Gasteiger partial charge in [-0.15, -0.1) is 0 Å². The van der Waals surface area contributed by atoms with E-state index < -0.39 is 0 Å². The average molecular weight is 244 g/mol. The van der Waals surface area contributed by atoms with E-state index >= 15 is 0 Å². The minimum absolute atomic E-state index is 0.334. The fraction of sp³-hybridized carbons (Fsp3) is 1.00. The first-order valence-corrected chi connectivity index (χ1v) is 6.88. The van der Waals surface area contributed by atoms with Gasteiger partial charge in [0.25, 0.3) is 0 Å². The standard InChI is InChI=1S/C13H28N2O2/c1-4-14-12(7-6-9-16-3)13-11-15(5-2)8-10-17-13/h12-14H,4-11H2,1-3H3. The van der Waals surface area contributed by atoms with Crippen LogP contribution >= 0.6 is 0 Å². The Balaban J connectivity index is 2.38. The lowest BCUT2D eigenvalue weighted by molar-refractivity contribution is -0.0468. The van der Waals surface area contributed by atoms with Gasteiger partial charge in [-0.1, -0.05) is 13.8 Å². The maximum Gasteiger partial charge on any atom is 0.0855 e. The topological polar surface area (TPSA) is 33.7 Å². The Hall–Kier alpha value is -0.160. The Morgan fingerprint density at radius 2 is 2.29 bits per heavy atom. The zero-order chi connectivity index (χ0) is 12.5. The number of morpholine rings is 1. The Bertz CT molecular complexity index is 190. The second-order valence-electron chi connectivity index (χ2n) is 4.60. The normalized spacial score (nSPS) is 23.8. The number of hydrogen-bond donors (Lipinski definition) is 1. The number of nitrogens with one attached hydrogen (secondary N) is 1. The van der Waals surface area contributed by atoms with Crippen molar-refractivity contribution >= 4 is 0 Å². The van der Waals surface area contributed by atoms with Crippen LogP contribution in [0.1, 0.15) is 26.7 Å². The third kappa shape index (κ3) is 5.34. The van der Waals surface area contributed by atoms with E-state index in [9.17, 15) is 0 Å². The molecule has 0 bridgehead atoms. The number of likely N-dealkylation sites (N-methyl/N-ethyl adjacent to an activating group) is 2. The number of nitrogens with zero attached hydrogens (tertiary/aromatic N) is 1. The molecule has 2 unspecified atom stereocenters. The summed E-state index contributed by atoms with van der Waals surface area (Å²) in [6.07, 6.45) is 2.56. The van der Waals surface area contributed by atoms with Crippen molar-refractivity contribution in [2.24, 2.45) is 0 Å². The van der Waals surface area contributed by atoms with Crippen LogP contribution in [-0.4, -0.2) is 63.5 Å². The van der Waals surface area contributed by atoms with E-state index in [4.69, 9.17) is 9.47 Å².